The maximum absolute atomic E-state index is 12.5. The van der Waals surface area contributed by atoms with Crippen molar-refractivity contribution in [3.8, 4) is 11.1 Å². The van der Waals surface area contributed by atoms with Crippen LogP contribution in [0.5, 0.6) is 0 Å². The number of nitrogens with zero attached hydrogens (tertiary/aromatic N) is 3. The number of imidazole rings is 1. The van der Waals surface area contributed by atoms with Crippen molar-refractivity contribution in [1.82, 2.24) is 19.3 Å². The summed E-state index contributed by atoms with van der Waals surface area (Å²) in [5.41, 5.74) is 1.49. The van der Waals surface area contributed by atoms with Gasteiger partial charge in [0.2, 0.25) is 5.78 Å². The van der Waals surface area contributed by atoms with E-state index < -0.39 is 5.60 Å². The molecule has 29 heavy (non-hydrogen) atoms. The van der Waals surface area contributed by atoms with E-state index in [1.165, 1.54) is 0 Å². The molecule has 0 bridgehead atoms. The summed E-state index contributed by atoms with van der Waals surface area (Å²) in [5.74, 6) is 0.513. The molecule has 0 saturated heterocycles. The molecule has 0 radical (unpaired) electrons. The van der Waals surface area contributed by atoms with Crippen LogP contribution in [0.1, 0.15) is 46.1 Å². The minimum Gasteiger partial charge on any atom is -0.444 e. The number of benzene rings is 1. The summed E-state index contributed by atoms with van der Waals surface area (Å²) in [6.07, 6.45) is 6.91. The first-order chi connectivity index (χ1) is 13.8. The number of unbranched alkanes of at least 4 members (excludes halogenated alkanes) is 1. The topological polar surface area (TPSA) is 79.7 Å². The second kappa shape index (κ2) is 8.51. The summed E-state index contributed by atoms with van der Waals surface area (Å²) in [6.45, 7) is 8.80. The van der Waals surface area contributed by atoms with Crippen molar-refractivity contribution in [1.29, 1.82) is 0 Å². The van der Waals surface area contributed by atoms with Gasteiger partial charge in [-0.15, -0.1) is 0 Å². The lowest BCUT2D eigenvalue weighted by molar-refractivity contribution is 0.0231. The van der Waals surface area contributed by atoms with Crippen LogP contribution in [0.25, 0.3) is 16.9 Å². The van der Waals surface area contributed by atoms with Crippen LogP contribution in [0.15, 0.2) is 47.7 Å². The Bertz CT molecular complexity index is 1030. The summed E-state index contributed by atoms with van der Waals surface area (Å²) >= 11 is 0. The van der Waals surface area contributed by atoms with E-state index in [-0.39, 0.29) is 11.7 Å². The van der Waals surface area contributed by atoms with Gasteiger partial charge in [-0.05, 0) is 38.3 Å². The first kappa shape index (κ1) is 20.6. The van der Waals surface area contributed by atoms with Crippen molar-refractivity contribution in [2.45, 2.75) is 52.7 Å². The van der Waals surface area contributed by atoms with E-state index in [4.69, 9.17) is 4.74 Å². The van der Waals surface area contributed by atoms with E-state index in [9.17, 15) is 9.59 Å². The summed E-state index contributed by atoms with van der Waals surface area (Å²) in [4.78, 5) is 33.6. The highest BCUT2D eigenvalue weighted by Gasteiger charge is 2.22. The molecule has 1 amide bonds. The monoisotopic (exact) mass is 396 g/mol. The average molecular weight is 396 g/mol. The van der Waals surface area contributed by atoms with Gasteiger partial charge in [0.15, 0.2) is 0 Å². The Kier molecular flexibility index (Phi) is 6.06. The van der Waals surface area contributed by atoms with E-state index in [0.29, 0.717) is 24.4 Å². The molecule has 0 unspecified atom stereocenters. The van der Waals surface area contributed by atoms with Crippen LogP contribution >= 0.6 is 0 Å². The molecule has 0 aliphatic rings. The Morgan fingerprint density at radius 2 is 1.97 bits per heavy atom. The minimum atomic E-state index is -0.530. The molecular formula is C22H28N4O3. The van der Waals surface area contributed by atoms with Crippen LogP contribution < -0.4 is 5.56 Å². The SMILES string of the molecule is CCCCN(Cc1ccc(-c2cn3cc[nH]c3nc2=O)cc1)C(=O)OC(C)(C)C. The summed E-state index contributed by atoms with van der Waals surface area (Å²) in [6, 6.07) is 7.65. The predicted octanol–water partition coefficient (Wildman–Crippen LogP) is 4.23. The number of rotatable bonds is 6. The van der Waals surface area contributed by atoms with Crippen molar-refractivity contribution in [2.24, 2.45) is 0 Å². The number of nitrogens with one attached hydrogen (secondary N) is 1. The Balaban J connectivity index is 1.79. The number of amides is 1. The van der Waals surface area contributed by atoms with E-state index in [1.54, 1.807) is 21.7 Å². The normalized spacial score (nSPS) is 11.6. The summed E-state index contributed by atoms with van der Waals surface area (Å²) in [7, 11) is 0. The Hall–Kier alpha value is -3.09. The van der Waals surface area contributed by atoms with E-state index in [2.05, 4.69) is 16.9 Å². The zero-order valence-corrected chi connectivity index (χ0v) is 17.4. The molecule has 154 valence electrons. The molecule has 0 aliphatic carbocycles. The molecular weight excluding hydrogens is 368 g/mol. The van der Waals surface area contributed by atoms with E-state index in [1.807, 2.05) is 51.2 Å². The fraction of sp³-hybridized carbons (Fsp3) is 0.409. The standard InChI is InChI=1S/C22H28N4O3/c1-5-6-12-26(21(28)29-22(2,3)4)14-16-7-9-17(10-8-16)18-15-25-13-11-23-20(25)24-19(18)27/h7-11,13,15H,5-6,12,14H2,1-4H3,(H,23,24,27). The number of hydrogen-bond donors (Lipinski definition) is 1. The quantitative estimate of drug-likeness (QED) is 0.676. The number of fused-ring (bicyclic) bond motifs is 1. The lowest BCUT2D eigenvalue weighted by atomic mass is 10.1. The van der Waals surface area contributed by atoms with Gasteiger partial charge in [0.05, 0.1) is 5.56 Å². The van der Waals surface area contributed by atoms with Crippen LogP contribution in [0.2, 0.25) is 0 Å². The van der Waals surface area contributed by atoms with Gasteiger partial charge in [0.1, 0.15) is 5.60 Å². The Morgan fingerprint density at radius 3 is 2.62 bits per heavy atom. The molecule has 2 heterocycles. The number of H-pyrrole nitrogens is 1. The summed E-state index contributed by atoms with van der Waals surface area (Å²) in [5, 5.41) is 0. The average Bonchev–Trinajstić information content (AvgIpc) is 3.10. The van der Waals surface area contributed by atoms with Gasteiger partial charge in [0, 0.05) is 31.7 Å². The van der Waals surface area contributed by atoms with Crippen LogP contribution in [0.4, 0.5) is 4.79 Å². The molecule has 0 aliphatic heterocycles. The molecule has 0 atom stereocenters. The molecule has 0 saturated carbocycles. The van der Waals surface area contributed by atoms with Crippen molar-refractivity contribution < 1.29 is 9.53 Å². The van der Waals surface area contributed by atoms with Crippen molar-refractivity contribution >= 4 is 11.9 Å². The second-order valence-corrected chi connectivity index (χ2v) is 8.10. The Labute approximate surface area is 170 Å². The number of hydrogen-bond acceptors (Lipinski definition) is 4. The smallest absolute Gasteiger partial charge is 0.410 e. The van der Waals surface area contributed by atoms with Crippen LogP contribution in [0.3, 0.4) is 0 Å². The maximum atomic E-state index is 12.5. The highest BCUT2D eigenvalue weighted by Crippen LogP contribution is 2.18. The fourth-order valence-electron chi connectivity index (χ4n) is 3.00. The number of ether oxygens (including phenoxy) is 1. The fourth-order valence-corrected chi connectivity index (χ4v) is 3.00. The number of carbonyl (C=O) groups is 1. The molecule has 7 heteroatoms. The van der Waals surface area contributed by atoms with Gasteiger partial charge in [-0.3, -0.25) is 9.20 Å². The van der Waals surface area contributed by atoms with E-state index in [0.717, 1.165) is 24.0 Å². The third-order valence-electron chi connectivity index (χ3n) is 4.47. The third kappa shape index (κ3) is 5.25. The van der Waals surface area contributed by atoms with Crippen molar-refractivity contribution in [2.75, 3.05) is 6.54 Å². The molecule has 3 aromatic rings. The first-order valence-corrected chi connectivity index (χ1v) is 9.90. The summed E-state index contributed by atoms with van der Waals surface area (Å²) < 4.78 is 7.32. The zero-order chi connectivity index (χ0) is 21.0. The van der Waals surface area contributed by atoms with Crippen LogP contribution in [-0.2, 0) is 11.3 Å². The number of carbonyl (C=O) groups excluding carboxylic acids is 1. The lowest BCUT2D eigenvalue weighted by Crippen LogP contribution is -2.37. The molecule has 2 aromatic heterocycles. The Morgan fingerprint density at radius 1 is 1.24 bits per heavy atom. The highest BCUT2D eigenvalue weighted by atomic mass is 16.6. The molecule has 1 aromatic carbocycles. The maximum Gasteiger partial charge on any atom is 0.410 e. The lowest BCUT2D eigenvalue weighted by Gasteiger charge is -2.27. The van der Waals surface area contributed by atoms with Gasteiger partial charge in [-0.1, -0.05) is 37.6 Å². The van der Waals surface area contributed by atoms with Gasteiger partial charge in [-0.2, -0.15) is 4.98 Å². The van der Waals surface area contributed by atoms with Crippen molar-refractivity contribution in [3.05, 3.63) is 58.8 Å². The predicted molar refractivity (Wildman–Crippen MR) is 113 cm³/mol. The van der Waals surface area contributed by atoms with Gasteiger partial charge in [0.25, 0.3) is 5.56 Å². The van der Waals surface area contributed by atoms with Gasteiger partial charge < -0.3 is 14.6 Å². The van der Waals surface area contributed by atoms with E-state index >= 15 is 0 Å². The molecule has 7 nitrogen and oxygen atoms in total. The van der Waals surface area contributed by atoms with Crippen molar-refractivity contribution in [3.63, 3.8) is 0 Å². The first-order valence-electron chi connectivity index (χ1n) is 9.90. The zero-order valence-electron chi connectivity index (χ0n) is 17.4. The molecule has 3 rings (SSSR count). The molecule has 0 fully saturated rings. The van der Waals surface area contributed by atoms with Gasteiger partial charge in [-0.25, -0.2) is 4.79 Å². The van der Waals surface area contributed by atoms with Crippen LogP contribution in [-0.4, -0.2) is 37.5 Å². The van der Waals surface area contributed by atoms with Gasteiger partial charge >= 0.3 is 6.09 Å². The second-order valence-electron chi connectivity index (χ2n) is 8.10. The highest BCUT2D eigenvalue weighted by molar-refractivity contribution is 5.68. The molecule has 0 spiro atoms. The number of aromatic nitrogens is 3. The van der Waals surface area contributed by atoms with Crippen LogP contribution in [0, 0.1) is 0 Å². The number of aromatic amines is 1. The molecule has 1 N–H and O–H groups in total. The minimum absolute atomic E-state index is 0.279. The largest absolute Gasteiger partial charge is 0.444 e. The third-order valence-corrected chi connectivity index (χ3v) is 4.47.